The lowest BCUT2D eigenvalue weighted by molar-refractivity contribution is -0.385. The summed E-state index contributed by atoms with van der Waals surface area (Å²) in [6.45, 7) is -0.756. The summed E-state index contributed by atoms with van der Waals surface area (Å²) in [4.78, 5) is 47.6. The third-order valence-electron chi connectivity index (χ3n) is 3.94. The van der Waals surface area contributed by atoms with E-state index < -0.39 is 34.9 Å². The van der Waals surface area contributed by atoms with Crippen LogP contribution in [0.4, 0.5) is 5.69 Å². The van der Waals surface area contributed by atoms with E-state index in [1.807, 2.05) is 6.07 Å². The van der Waals surface area contributed by atoms with E-state index in [2.05, 4.69) is 0 Å². The molecular formula is C18H11N3O6. The summed E-state index contributed by atoms with van der Waals surface area (Å²) in [5, 5.41) is 19.8. The highest BCUT2D eigenvalue weighted by atomic mass is 16.6. The molecule has 9 nitrogen and oxygen atoms in total. The van der Waals surface area contributed by atoms with E-state index in [1.54, 1.807) is 24.3 Å². The number of imide groups is 1. The highest BCUT2D eigenvalue weighted by Gasteiger charge is 2.41. The molecule has 0 saturated heterocycles. The number of hydrogen-bond acceptors (Lipinski definition) is 7. The van der Waals surface area contributed by atoms with Crippen LogP contribution in [0.5, 0.6) is 0 Å². The highest BCUT2D eigenvalue weighted by molar-refractivity contribution is 6.24. The van der Waals surface area contributed by atoms with Gasteiger partial charge in [0.25, 0.3) is 17.5 Å². The maximum absolute atomic E-state index is 12.4. The molecule has 0 bridgehead atoms. The van der Waals surface area contributed by atoms with Crippen LogP contribution in [0.1, 0.15) is 31.8 Å². The normalized spacial score (nSPS) is 12.5. The largest absolute Gasteiger partial charge is 0.459 e. The molecule has 134 valence electrons. The molecule has 0 unspecified atom stereocenters. The molecule has 27 heavy (non-hydrogen) atoms. The van der Waals surface area contributed by atoms with Gasteiger partial charge in [0.1, 0.15) is 18.7 Å². The summed E-state index contributed by atoms with van der Waals surface area (Å²) < 4.78 is 5.03. The predicted octanol–water partition coefficient (Wildman–Crippen LogP) is 1.81. The molecule has 0 radical (unpaired) electrons. The summed E-state index contributed by atoms with van der Waals surface area (Å²) in [6.07, 6.45) is 0. The Morgan fingerprint density at radius 2 is 1.85 bits per heavy atom. The molecule has 1 heterocycles. The molecule has 0 aliphatic carbocycles. The van der Waals surface area contributed by atoms with Gasteiger partial charge in [-0.05, 0) is 23.8 Å². The van der Waals surface area contributed by atoms with Gasteiger partial charge < -0.3 is 4.74 Å². The molecular weight excluding hydrogens is 354 g/mol. The number of nitrogens with zero attached hydrogens (tertiary/aromatic N) is 3. The van der Waals surface area contributed by atoms with Crippen LogP contribution in [0.3, 0.4) is 0 Å². The number of carbonyl (C=O) groups excluding carboxylic acids is 3. The van der Waals surface area contributed by atoms with Gasteiger partial charge in [0.05, 0.1) is 22.1 Å². The molecule has 2 amide bonds. The summed E-state index contributed by atoms with van der Waals surface area (Å²) in [5.41, 5.74) is 0.152. The number of nitriles is 1. The number of nitro groups is 1. The smallest absolute Gasteiger partial charge is 0.326 e. The Morgan fingerprint density at radius 3 is 2.48 bits per heavy atom. The second-order valence-corrected chi connectivity index (χ2v) is 5.62. The summed E-state index contributed by atoms with van der Waals surface area (Å²) in [7, 11) is 0. The highest BCUT2D eigenvalue weighted by Crippen LogP contribution is 2.30. The van der Waals surface area contributed by atoms with E-state index in [0.29, 0.717) is 16.0 Å². The first-order valence-electron chi connectivity index (χ1n) is 7.70. The van der Waals surface area contributed by atoms with Crippen molar-refractivity contribution in [3.63, 3.8) is 0 Å². The van der Waals surface area contributed by atoms with Crippen molar-refractivity contribution in [2.75, 3.05) is 6.54 Å². The van der Waals surface area contributed by atoms with E-state index in [0.717, 1.165) is 6.07 Å². The van der Waals surface area contributed by atoms with Gasteiger partial charge in [-0.2, -0.15) is 5.26 Å². The first kappa shape index (κ1) is 17.8. The Kier molecular flexibility index (Phi) is 4.64. The minimum absolute atomic E-state index is 0.103. The van der Waals surface area contributed by atoms with Gasteiger partial charge in [-0.15, -0.1) is 0 Å². The molecule has 0 N–H and O–H groups in total. The molecule has 3 rings (SSSR count). The van der Waals surface area contributed by atoms with Gasteiger partial charge >= 0.3 is 5.97 Å². The average molecular weight is 365 g/mol. The van der Waals surface area contributed by atoms with Crippen molar-refractivity contribution in [3.05, 3.63) is 74.8 Å². The molecule has 0 fully saturated rings. The topological polar surface area (TPSA) is 131 Å². The number of nitro benzene ring substituents is 1. The first-order valence-corrected chi connectivity index (χ1v) is 7.70. The maximum Gasteiger partial charge on any atom is 0.326 e. The van der Waals surface area contributed by atoms with Crippen molar-refractivity contribution in [2.24, 2.45) is 0 Å². The van der Waals surface area contributed by atoms with E-state index in [-0.39, 0.29) is 17.7 Å². The second kappa shape index (κ2) is 7.05. The van der Waals surface area contributed by atoms with Crippen LogP contribution in [-0.4, -0.2) is 34.2 Å². The quantitative estimate of drug-likeness (QED) is 0.342. The number of fused-ring (bicyclic) bond motifs is 1. The van der Waals surface area contributed by atoms with E-state index in [4.69, 9.17) is 10.00 Å². The van der Waals surface area contributed by atoms with E-state index in [1.165, 1.54) is 12.1 Å². The van der Waals surface area contributed by atoms with Crippen LogP contribution in [0.2, 0.25) is 0 Å². The third-order valence-corrected chi connectivity index (χ3v) is 3.94. The molecule has 0 atom stereocenters. The van der Waals surface area contributed by atoms with Crippen molar-refractivity contribution in [3.8, 4) is 6.07 Å². The van der Waals surface area contributed by atoms with Crippen LogP contribution >= 0.6 is 0 Å². The van der Waals surface area contributed by atoms with Gasteiger partial charge in [0.2, 0.25) is 0 Å². The number of ether oxygens (including phenoxy) is 1. The summed E-state index contributed by atoms with van der Waals surface area (Å²) in [6, 6.07) is 12.0. The number of benzene rings is 2. The zero-order chi connectivity index (χ0) is 19.6. The molecule has 0 spiro atoms. The van der Waals surface area contributed by atoms with Gasteiger partial charge in [0, 0.05) is 6.07 Å². The van der Waals surface area contributed by atoms with Crippen LogP contribution in [0, 0.1) is 21.4 Å². The van der Waals surface area contributed by atoms with Gasteiger partial charge in [-0.1, -0.05) is 18.2 Å². The van der Waals surface area contributed by atoms with Crippen molar-refractivity contribution >= 4 is 23.5 Å². The Morgan fingerprint density at radius 1 is 1.15 bits per heavy atom. The maximum atomic E-state index is 12.4. The zero-order valence-electron chi connectivity index (χ0n) is 13.7. The standard InChI is InChI=1S/C18H11N3O6/c19-8-11-4-6-12(7-5-11)10-27-15(22)9-20-17(23)13-2-1-3-14(21(25)26)16(13)18(20)24/h1-7H,9-10H2. The number of rotatable bonds is 5. The van der Waals surface area contributed by atoms with Crippen molar-refractivity contribution in [1.82, 2.24) is 4.90 Å². The number of carbonyl (C=O) groups is 3. The van der Waals surface area contributed by atoms with Crippen LogP contribution in [0.15, 0.2) is 42.5 Å². The third kappa shape index (κ3) is 3.36. The molecule has 2 aromatic carbocycles. The van der Waals surface area contributed by atoms with E-state index >= 15 is 0 Å². The van der Waals surface area contributed by atoms with Crippen LogP contribution in [-0.2, 0) is 16.1 Å². The molecule has 1 aliphatic rings. The zero-order valence-corrected chi connectivity index (χ0v) is 13.7. The number of amides is 2. The monoisotopic (exact) mass is 365 g/mol. The fourth-order valence-electron chi connectivity index (χ4n) is 2.63. The van der Waals surface area contributed by atoms with Crippen molar-refractivity contribution < 1.29 is 24.0 Å². The summed E-state index contributed by atoms with van der Waals surface area (Å²) in [5.74, 6) is -2.52. The van der Waals surface area contributed by atoms with Crippen LogP contribution in [0.25, 0.3) is 0 Å². The Bertz CT molecular complexity index is 1010. The van der Waals surface area contributed by atoms with Crippen molar-refractivity contribution in [2.45, 2.75) is 6.61 Å². The van der Waals surface area contributed by atoms with Crippen LogP contribution < -0.4 is 0 Å². The SMILES string of the molecule is N#Cc1ccc(COC(=O)CN2C(=O)c3cccc([N+](=O)[O-])c3C2=O)cc1. The van der Waals surface area contributed by atoms with Gasteiger partial charge in [0.15, 0.2) is 0 Å². The molecule has 9 heteroatoms. The van der Waals surface area contributed by atoms with E-state index in [9.17, 15) is 24.5 Å². The first-order chi connectivity index (χ1) is 12.9. The average Bonchev–Trinajstić information content (AvgIpc) is 2.91. The molecule has 0 aromatic heterocycles. The lowest BCUT2D eigenvalue weighted by Gasteiger charge is -2.13. The summed E-state index contributed by atoms with van der Waals surface area (Å²) >= 11 is 0. The predicted molar refractivity (Wildman–Crippen MR) is 89.4 cm³/mol. The number of hydrogen-bond donors (Lipinski definition) is 0. The van der Waals surface area contributed by atoms with Crippen molar-refractivity contribution in [1.29, 1.82) is 5.26 Å². The Balaban J connectivity index is 1.69. The fourth-order valence-corrected chi connectivity index (χ4v) is 2.63. The Labute approximate surface area is 152 Å². The molecule has 1 aliphatic heterocycles. The minimum Gasteiger partial charge on any atom is -0.459 e. The fraction of sp³-hybridized carbons (Fsp3) is 0.111. The molecule has 2 aromatic rings. The molecule has 0 saturated carbocycles. The Hall–Kier alpha value is -4.06. The lowest BCUT2D eigenvalue weighted by atomic mass is 10.1. The minimum atomic E-state index is -0.905. The van der Waals surface area contributed by atoms with Gasteiger partial charge in [-0.25, -0.2) is 0 Å². The second-order valence-electron chi connectivity index (χ2n) is 5.62. The van der Waals surface area contributed by atoms with Gasteiger partial charge in [-0.3, -0.25) is 29.4 Å². The lowest BCUT2D eigenvalue weighted by Crippen LogP contribution is -2.35. The number of esters is 1.